The Bertz CT molecular complexity index is 568. The van der Waals surface area contributed by atoms with Crippen molar-refractivity contribution in [3.05, 3.63) is 34.5 Å². The molecule has 4 nitrogen and oxygen atoms in total. The second-order valence-corrected chi connectivity index (χ2v) is 4.63. The highest BCUT2D eigenvalue weighted by Gasteiger charge is 2.27. The third kappa shape index (κ3) is 2.24. The van der Waals surface area contributed by atoms with Crippen LogP contribution in [0.5, 0.6) is 5.75 Å². The molecule has 1 aliphatic heterocycles. The molecule has 2 amide bonds. The van der Waals surface area contributed by atoms with Gasteiger partial charge in [-0.15, -0.1) is 0 Å². The number of ether oxygens (including phenoxy) is 1. The van der Waals surface area contributed by atoms with Gasteiger partial charge in [-0.1, -0.05) is 6.07 Å². The fraction of sp³-hybridized carbons (Fsp3) is 0.167. The minimum absolute atomic E-state index is 0.135. The summed E-state index contributed by atoms with van der Waals surface area (Å²) in [5.41, 5.74) is 1.10. The number of amides is 2. The topological polar surface area (TPSA) is 55.4 Å². The number of methoxy groups -OCH3 is 1. The van der Waals surface area contributed by atoms with E-state index in [-0.39, 0.29) is 5.75 Å². The van der Waals surface area contributed by atoms with E-state index >= 15 is 0 Å². The van der Waals surface area contributed by atoms with Crippen LogP contribution in [0, 0.1) is 5.82 Å². The first-order chi connectivity index (χ1) is 8.52. The van der Waals surface area contributed by atoms with Crippen LogP contribution in [0.4, 0.5) is 9.18 Å². The van der Waals surface area contributed by atoms with E-state index in [0.717, 1.165) is 11.8 Å². The van der Waals surface area contributed by atoms with Gasteiger partial charge in [0, 0.05) is 0 Å². The summed E-state index contributed by atoms with van der Waals surface area (Å²) in [5, 5.41) is 1.75. The molecule has 1 heterocycles. The molecule has 0 unspecified atom stereocenters. The van der Waals surface area contributed by atoms with Crippen LogP contribution in [0.15, 0.2) is 23.1 Å². The van der Waals surface area contributed by atoms with Gasteiger partial charge >= 0.3 is 0 Å². The molecule has 94 valence electrons. The SMILES string of the molecule is COc1ccc(/C(C)=C2/SC(=O)NC2=O)cc1F. The number of rotatable bonds is 2. The Balaban J connectivity index is 2.43. The van der Waals surface area contributed by atoms with Crippen LogP contribution in [0.25, 0.3) is 5.57 Å². The van der Waals surface area contributed by atoms with Crippen LogP contribution >= 0.6 is 11.8 Å². The Morgan fingerprint density at radius 2 is 2.11 bits per heavy atom. The lowest BCUT2D eigenvalue weighted by Crippen LogP contribution is -2.18. The molecule has 2 rings (SSSR count). The molecule has 0 spiro atoms. The lowest BCUT2D eigenvalue weighted by Gasteiger charge is -2.06. The van der Waals surface area contributed by atoms with Crippen LogP contribution in [0.1, 0.15) is 12.5 Å². The number of allylic oxidation sites excluding steroid dienone is 1. The Labute approximate surface area is 107 Å². The summed E-state index contributed by atoms with van der Waals surface area (Å²) in [6.45, 7) is 1.67. The monoisotopic (exact) mass is 267 g/mol. The van der Waals surface area contributed by atoms with Crippen molar-refractivity contribution >= 4 is 28.5 Å². The fourth-order valence-electron chi connectivity index (χ4n) is 1.59. The average Bonchev–Trinajstić information content (AvgIpc) is 2.67. The summed E-state index contributed by atoms with van der Waals surface area (Å²) in [4.78, 5) is 22.8. The molecule has 0 aromatic heterocycles. The summed E-state index contributed by atoms with van der Waals surface area (Å²) in [6, 6.07) is 4.40. The zero-order valence-electron chi connectivity index (χ0n) is 9.74. The van der Waals surface area contributed by atoms with Crippen LogP contribution in [-0.2, 0) is 4.79 Å². The third-order valence-electron chi connectivity index (χ3n) is 2.54. The highest BCUT2D eigenvalue weighted by Crippen LogP contribution is 2.32. The van der Waals surface area contributed by atoms with E-state index < -0.39 is 17.0 Å². The molecule has 0 saturated carbocycles. The van der Waals surface area contributed by atoms with Crippen molar-refractivity contribution in [2.45, 2.75) is 6.92 Å². The maximum Gasteiger partial charge on any atom is 0.290 e. The number of carbonyl (C=O) groups is 2. The second-order valence-electron chi connectivity index (χ2n) is 3.65. The molecular formula is C12H10FNO3S. The zero-order valence-corrected chi connectivity index (χ0v) is 10.6. The van der Waals surface area contributed by atoms with E-state index in [1.165, 1.54) is 19.2 Å². The van der Waals surface area contributed by atoms with Crippen molar-refractivity contribution in [3.63, 3.8) is 0 Å². The zero-order chi connectivity index (χ0) is 13.3. The summed E-state index contributed by atoms with van der Waals surface area (Å²) in [5.74, 6) is -0.820. The Hall–Kier alpha value is -1.82. The quantitative estimate of drug-likeness (QED) is 0.837. The maximum absolute atomic E-state index is 13.5. The van der Waals surface area contributed by atoms with Crippen LogP contribution < -0.4 is 10.1 Å². The average molecular weight is 267 g/mol. The highest BCUT2D eigenvalue weighted by atomic mass is 32.2. The largest absolute Gasteiger partial charge is 0.494 e. The first-order valence-corrected chi connectivity index (χ1v) is 5.92. The van der Waals surface area contributed by atoms with E-state index in [1.54, 1.807) is 13.0 Å². The minimum Gasteiger partial charge on any atom is -0.494 e. The maximum atomic E-state index is 13.5. The Morgan fingerprint density at radius 1 is 1.39 bits per heavy atom. The summed E-state index contributed by atoms with van der Waals surface area (Å²) < 4.78 is 18.4. The molecule has 1 aliphatic rings. The highest BCUT2D eigenvalue weighted by molar-refractivity contribution is 8.18. The van der Waals surface area contributed by atoms with Gasteiger partial charge in [-0.2, -0.15) is 0 Å². The van der Waals surface area contributed by atoms with Crippen LogP contribution in [-0.4, -0.2) is 18.3 Å². The predicted octanol–water partition coefficient (Wildman–Crippen LogP) is 2.55. The summed E-state index contributed by atoms with van der Waals surface area (Å²) >= 11 is 0.819. The second kappa shape index (κ2) is 4.81. The standard InChI is InChI=1S/C12H10FNO3S/c1-6(10-11(15)14-12(16)18-10)7-3-4-9(17-2)8(13)5-7/h3-5H,1-2H3,(H,14,15,16)/b10-6+. The minimum atomic E-state index is -0.510. The number of hydrogen-bond acceptors (Lipinski definition) is 4. The predicted molar refractivity (Wildman–Crippen MR) is 66.7 cm³/mol. The molecule has 1 N–H and O–H groups in total. The van der Waals surface area contributed by atoms with Gasteiger partial charge < -0.3 is 4.74 Å². The molecule has 6 heteroatoms. The number of imide groups is 1. The number of halogens is 1. The van der Waals surface area contributed by atoms with E-state index in [9.17, 15) is 14.0 Å². The van der Waals surface area contributed by atoms with Crippen molar-refractivity contribution in [3.8, 4) is 5.75 Å². The number of carbonyl (C=O) groups excluding carboxylic acids is 2. The van der Waals surface area contributed by atoms with Crippen LogP contribution in [0.2, 0.25) is 0 Å². The molecule has 1 aromatic carbocycles. The van der Waals surface area contributed by atoms with Gasteiger partial charge in [0.15, 0.2) is 11.6 Å². The van der Waals surface area contributed by atoms with E-state index in [2.05, 4.69) is 5.32 Å². The number of hydrogen-bond donors (Lipinski definition) is 1. The Morgan fingerprint density at radius 3 is 2.61 bits per heavy atom. The molecule has 1 saturated heterocycles. The molecule has 0 atom stereocenters. The van der Waals surface area contributed by atoms with E-state index in [4.69, 9.17) is 4.74 Å². The van der Waals surface area contributed by atoms with E-state index in [1.807, 2.05) is 0 Å². The van der Waals surface area contributed by atoms with Crippen molar-refractivity contribution < 1.29 is 18.7 Å². The smallest absolute Gasteiger partial charge is 0.290 e. The van der Waals surface area contributed by atoms with Gasteiger partial charge in [-0.05, 0) is 42.0 Å². The van der Waals surface area contributed by atoms with E-state index in [0.29, 0.717) is 16.0 Å². The van der Waals surface area contributed by atoms with Gasteiger partial charge in [0.05, 0.1) is 12.0 Å². The molecule has 18 heavy (non-hydrogen) atoms. The van der Waals surface area contributed by atoms with Gasteiger partial charge in [-0.25, -0.2) is 4.39 Å². The van der Waals surface area contributed by atoms with Gasteiger partial charge in [-0.3, -0.25) is 14.9 Å². The lowest BCUT2D eigenvalue weighted by atomic mass is 10.1. The summed E-state index contributed by atoms with van der Waals surface area (Å²) in [6.07, 6.45) is 0. The third-order valence-corrected chi connectivity index (χ3v) is 3.53. The summed E-state index contributed by atoms with van der Waals surface area (Å²) in [7, 11) is 1.38. The van der Waals surface area contributed by atoms with Crippen molar-refractivity contribution in [2.75, 3.05) is 7.11 Å². The first kappa shape index (κ1) is 12.6. The Kier molecular flexibility index (Phi) is 3.38. The van der Waals surface area contributed by atoms with Crippen LogP contribution in [0.3, 0.4) is 0 Å². The molecule has 0 aliphatic carbocycles. The molecule has 1 aromatic rings. The van der Waals surface area contributed by atoms with Gasteiger partial charge in [0.1, 0.15) is 0 Å². The van der Waals surface area contributed by atoms with Gasteiger partial charge in [0.2, 0.25) is 0 Å². The fourth-order valence-corrected chi connectivity index (χ4v) is 2.34. The molecule has 1 fully saturated rings. The molecule has 0 radical (unpaired) electrons. The number of thioether (sulfide) groups is 1. The van der Waals surface area contributed by atoms with Gasteiger partial charge in [0.25, 0.3) is 11.1 Å². The number of nitrogens with one attached hydrogen (secondary N) is 1. The van der Waals surface area contributed by atoms with Crippen molar-refractivity contribution in [2.24, 2.45) is 0 Å². The number of benzene rings is 1. The molecule has 0 bridgehead atoms. The molecular weight excluding hydrogens is 257 g/mol. The van der Waals surface area contributed by atoms with Crippen molar-refractivity contribution in [1.82, 2.24) is 5.32 Å². The van der Waals surface area contributed by atoms with Crippen molar-refractivity contribution in [1.29, 1.82) is 0 Å². The normalized spacial score (nSPS) is 17.7. The lowest BCUT2D eigenvalue weighted by molar-refractivity contribution is -0.115. The first-order valence-electron chi connectivity index (χ1n) is 5.11.